The first-order valence-corrected chi connectivity index (χ1v) is 13.4. The number of hydrogen-bond donors (Lipinski definition) is 0. The van der Waals surface area contributed by atoms with Crippen molar-refractivity contribution < 1.29 is 29.3 Å². The molecule has 0 saturated carbocycles. The highest BCUT2D eigenvalue weighted by Gasteiger charge is 2.45. The van der Waals surface area contributed by atoms with Crippen LogP contribution < -0.4 is 32.9 Å². The van der Waals surface area contributed by atoms with Crippen LogP contribution in [0.4, 0.5) is 3.89 Å². The summed E-state index contributed by atoms with van der Waals surface area (Å²) in [6.45, 7) is 0. The van der Waals surface area contributed by atoms with E-state index in [1.54, 1.807) is 12.1 Å². The van der Waals surface area contributed by atoms with Crippen molar-refractivity contribution in [1.82, 2.24) is 0 Å². The molecule has 0 unspecified atom stereocenters. The Morgan fingerprint density at radius 2 is 1.09 bits per heavy atom. The summed E-state index contributed by atoms with van der Waals surface area (Å²) in [5.41, 5.74) is 0.849. The molecule has 0 aliphatic carbocycles. The van der Waals surface area contributed by atoms with Gasteiger partial charge in [-0.2, -0.15) is 8.42 Å². The molecule has 0 bridgehead atoms. The Hall–Kier alpha value is -2.04. The van der Waals surface area contributed by atoms with Gasteiger partial charge in [0.25, 0.3) is 0 Å². The van der Waals surface area contributed by atoms with Crippen molar-refractivity contribution in [3.63, 3.8) is 0 Å². The van der Waals surface area contributed by atoms with Crippen LogP contribution in [0.15, 0.2) is 114 Å². The monoisotopic (exact) mass is 548 g/mol. The summed E-state index contributed by atoms with van der Waals surface area (Å²) in [5, 5.41) is 3.49. The Morgan fingerprint density at radius 3 is 1.44 bits per heavy atom. The maximum atomic E-state index is 13.5. The van der Waals surface area contributed by atoms with Crippen molar-refractivity contribution in [3.8, 4) is 0 Å². The molecule has 0 spiro atoms. The minimum atomic E-state index is -4.87. The average Bonchev–Trinajstić information content (AvgIpc) is 2.78. The largest absolute Gasteiger partial charge is 1.00 e. The van der Waals surface area contributed by atoms with Gasteiger partial charge in [0.05, 0.1) is 11.2 Å². The lowest BCUT2D eigenvalue weighted by Gasteiger charge is -2.28. The lowest BCUT2D eigenvalue weighted by Crippen LogP contribution is -3.00. The fraction of sp³-hybridized carbons (Fsp3) is 0.0400. The van der Waals surface area contributed by atoms with Crippen molar-refractivity contribution in [2.45, 2.75) is 11.1 Å². The molecule has 0 aromatic heterocycles. The minimum Gasteiger partial charge on any atom is -1.00 e. The third kappa shape index (κ3) is 4.97. The smallest absolute Gasteiger partial charge is 0.333 e. The van der Waals surface area contributed by atoms with E-state index in [1.165, 1.54) is 22.0 Å². The standard InChI is InChI=1S/C25H20ClFO2PS.BrH/c26-24-18-20(16-17-25(24)31(27,28)29)19-30(21-10-4-1-5-11-21,22-12-6-2-7-13-22)23-14-8-3-9-15-23;/h1-18H,19H2;1H/q+1;/p-1. The maximum Gasteiger partial charge on any atom is 0.333 e. The molecular weight excluding hydrogens is 530 g/mol. The summed E-state index contributed by atoms with van der Waals surface area (Å²) in [4.78, 5) is -0.499. The fourth-order valence-electron chi connectivity index (χ4n) is 3.88. The van der Waals surface area contributed by atoms with E-state index in [2.05, 4.69) is 36.4 Å². The van der Waals surface area contributed by atoms with Gasteiger partial charge >= 0.3 is 10.2 Å². The fourth-order valence-corrected chi connectivity index (χ4v) is 9.11. The van der Waals surface area contributed by atoms with Crippen LogP contribution in [0.5, 0.6) is 0 Å². The topological polar surface area (TPSA) is 34.1 Å². The highest BCUT2D eigenvalue weighted by molar-refractivity contribution is 7.95. The first-order valence-electron chi connectivity index (χ1n) is 9.69. The molecule has 164 valence electrons. The minimum absolute atomic E-state index is 0. The summed E-state index contributed by atoms with van der Waals surface area (Å²) in [6, 6.07) is 35.4. The molecule has 0 aliphatic heterocycles. The Labute approximate surface area is 204 Å². The van der Waals surface area contributed by atoms with Crippen LogP contribution in [-0.4, -0.2) is 8.42 Å². The number of benzene rings is 4. The van der Waals surface area contributed by atoms with E-state index >= 15 is 0 Å². The van der Waals surface area contributed by atoms with Crippen LogP contribution in [0.25, 0.3) is 0 Å². The first-order chi connectivity index (χ1) is 14.9. The Morgan fingerprint density at radius 1 is 0.688 bits per heavy atom. The number of halogens is 3. The summed E-state index contributed by atoms with van der Waals surface area (Å²) >= 11 is 6.17. The van der Waals surface area contributed by atoms with E-state index in [4.69, 9.17) is 11.6 Å². The summed E-state index contributed by atoms with van der Waals surface area (Å²) in [7, 11) is -7.03. The van der Waals surface area contributed by atoms with Crippen LogP contribution in [-0.2, 0) is 16.4 Å². The van der Waals surface area contributed by atoms with Gasteiger partial charge < -0.3 is 17.0 Å². The van der Waals surface area contributed by atoms with Crippen LogP contribution in [0.3, 0.4) is 0 Å². The second kappa shape index (κ2) is 10.3. The van der Waals surface area contributed by atoms with E-state index in [9.17, 15) is 12.3 Å². The second-order valence-electron chi connectivity index (χ2n) is 7.18. The molecule has 0 N–H and O–H groups in total. The van der Waals surface area contributed by atoms with Crippen LogP contribution >= 0.6 is 18.9 Å². The molecule has 4 aromatic rings. The zero-order valence-corrected chi connectivity index (χ0v) is 21.0. The van der Waals surface area contributed by atoms with Crippen molar-refractivity contribution in [3.05, 3.63) is 120 Å². The van der Waals surface area contributed by atoms with Crippen molar-refractivity contribution in [1.29, 1.82) is 0 Å². The van der Waals surface area contributed by atoms with Crippen LogP contribution in [0.1, 0.15) is 5.56 Å². The first kappa shape index (κ1) is 24.6. The Kier molecular flexibility index (Phi) is 7.89. The van der Waals surface area contributed by atoms with Gasteiger partial charge in [-0.3, -0.25) is 0 Å². The molecular formula is C25H20BrClFO2PS. The summed E-state index contributed by atoms with van der Waals surface area (Å²) in [5.74, 6) is 0. The molecule has 0 radical (unpaired) electrons. The van der Waals surface area contributed by atoms with Crippen LogP contribution in [0, 0.1) is 0 Å². The second-order valence-corrected chi connectivity index (χ2v) is 12.4. The highest BCUT2D eigenvalue weighted by Crippen LogP contribution is 2.58. The quantitative estimate of drug-likeness (QED) is 0.274. The Bertz CT molecular complexity index is 1190. The predicted octanol–water partition coefficient (Wildman–Crippen LogP) is 2.50. The molecule has 0 aliphatic rings. The summed E-state index contributed by atoms with van der Waals surface area (Å²) < 4.78 is 36.3. The molecule has 0 fully saturated rings. The molecule has 0 saturated heterocycles. The van der Waals surface area contributed by atoms with Gasteiger partial charge in [-0.25, -0.2) is 0 Å². The molecule has 0 heterocycles. The molecule has 7 heteroatoms. The van der Waals surface area contributed by atoms with E-state index in [-0.39, 0.29) is 22.0 Å². The van der Waals surface area contributed by atoms with Crippen molar-refractivity contribution >= 4 is 45.0 Å². The molecule has 0 amide bonds. The van der Waals surface area contributed by atoms with Gasteiger partial charge in [-0.05, 0) is 54.1 Å². The van der Waals surface area contributed by atoms with Crippen molar-refractivity contribution in [2.24, 2.45) is 0 Å². The van der Waals surface area contributed by atoms with E-state index < -0.39 is 22.4 Å². The van der Waals surface area contributed by atoms with Gasteiger partial charge in [-0.15, -0.1) is 3.89 Å². The van der Waals surface area contributed by atoms with Gasteiger partial charge in [0.1, 0.15) is 28.1 Å². The predicted molar refractivity (Wildman–Crippen MR) is 129 cm³/mol. The highest BCUT2D eigenvalue weighted by atomic mass is 79.9. The zero-order valence-electron chi connectivity index (χ0n) is 16.9. The van der Waals surface area contributed by atoms with E-state index in [0.29, 0.717) is 6.16 Å². The number of hydrogen-bond acceptors (Lipinski definition) is 2. The zero-order chi connectivity index (χ0) is 21.9. The SMILES string of the molecule is O=S(=O)(F)c1ccc(C[P+](c2ccccc2)(c2ccccc2)c2ccccc2)cc1Cl.[Br-]. The average molecular weight is 550 g/mol. The molecule has 4 aromatic carbocycles. The van der Waals surface area contributed by atoms with Crippen molar-refractivity contribution in [2.75, 3.05) is 0 Å². The number of rotatable bonds is 6. The van der Waals surface area contributed by atoms with Gasteiger partial charge in [0.15, 0.2) is 0 Å². The van der Waals surface area contributed by atoms with E-state index in [0.717, 1.165) is 5.56 Å². The van der Waals surface area contributed by atoms with Crippen LogP contribution in [0.2, 0.25) is 5.02 Å². The summed E-state index contributed by atoms with van der Waals surface area (Å²) in [6.07, 6.45) is 0.622. The van der Waals surface area contributed by atoms with Gasteiger partial charge in [0.2, 0.25) is 0 Å². The third-order valence-electron chi connectivity index (χ3n) is 5.27. The maximum absolute atomic E-state index is 13.5. The lowest BCUT2D eigenvalue weighted by molar-refractivity contribution is -0.00000945. The third-order valence-corrected chi connectivity index (χ3v) is 11.0. The molecule has 0 atom stereocenters. The van der Waals surface area contributed by atoms with Gasteiger partial charge in [0, 0.05) is 0 Å². The normalized spacial score (nSPS) is 11.6. The van der Waals surface area contributed by atoms with E-state index in [1.807, 2.05) is 54.6 Å². The lowest BCUT2D eigenvalue weighted by atomic mass is 10.2. The van der Waals surface area contributed by atoms with Gasteiger partial charge in [-0.1, -0.05) is 72.3 Å². The Balaban J connectivity index is 0.00000289. The molecule has 2 nitrogen and oxygen atoms in total. The molecule has 32 heavy (non-hydrogen) atoms. The molecule has 4 rings (SSSR count).